The Hall–Kier alpha value is -2.35. The number of para-hydroxylation sites is 1. The molecule has 5 nitrogen and oxygen atoms in total. The number of hydrogen-bond donors (Lipinski definition) is 2. The number of nitrogens with one attached hydrogen (secondary N) is 2. The first-order valence-electron chi connectivity index (χ1n) is 8.93. The second kappa shape index (κ2) is 7.34. The molecule has 1 unspecified atom stereocenters. The average Bonchev–Trinajstić information content (AvgIpc) is 3.25. The molecule has 0 saturated carbocycles. The second-order valence-corrected chi connectivity index (χ2v) is 8.32. The second-order valence-electron chi connectivity index (χ2n) is 6.89. The smallest absolute Gasteiger partial charge is 0.221 e. The van der Waals surface area contributed by atoms with E-state index in [2.05, 4.69) is 73.4 Å². The molecule has 27 heavy (non-hydrogen) atoms. The van der Waals surface area contributed by atoms with Crippen molar-refractivity contribution in [2.45, 2.75) is 26.6 Å². The summed E-state index contributed by atoms with van der Waals surface area (Å²) in [6.45, 7) is 4.98. The summed E-state index contributed by atoms with van der Waals surface area (Å²) in [5.74, 6) is 0.806. The zero-order valence-electron chi connectivity index (χ0n) is 15.6. The van der Waals surface area contributed by atoms with Crippen molar-refractivity contribution in [1.29, 1.82) is 0 Å². The highest BCUT2D eigenvalue weighted by atomic mass is 32.1. The Bertz CT molecular complexity index is 1090. The third-order valence-corrected chi connectivity index (χ3v) is 6.36. The summed E-state index contributed by atoms with van der Waals surface area (Å²) in [4.78, 5) is 10.6. The molecule has 2 atom stereocenters. The molecule has 0 aliphatic rings. The van der Waals surface area contributed by atoms with E-state index in [9.17, 15) is 0 Å². The molecule has 2 heterocycles. The predicted molar refractivity (Wildman–Crippen MR) is 113 cm³/mol. The van der Waals surface area contributed by atoms with Gasteiger partial charge >= 0.3 is 0 Å². The molecule has 4 aromatic rings. The van der Waals surface area contributed by atoms with Crippen LogP contribution in [0.15, 0.2) is 48.5 Å². The van der Waals surface area contributed by atoms with Gasteiger partial charge in [-0.25, -0.2) is 9.67 Å². The minimum Gasteiger partial charge on any atom is -0.311 e. The van der Waals surface area contributed by atoms with E-state index in [1.54, 1.807) is 11.3 Å². The first kappa shape index (κ1) is 18.0. The van der Waals surface area contributed by atoms with Gasteiger partial charge in [0.05, 0.1) is 17.3 Å². The summed E-state index contributed by atoms with van der Waals surface area (Å²) in [6.07, 6.45) is 0. The standard InChI is InChI=1S/C20H21N5S2/c1-13-8-10-15(11-9-13)18-22-20(26)25(23-18)12-24(3)14(2)19-21-16-6-4-5-7-17(16)27-19/h4-11,14H,12H2,1-3H3,(H,22,23,26)/p+1/t14-/m0/s1. The maximum Gasteiger partial charge on any atom is 0.221 e. The molecule has 0 radical (unpaired) electrons. The molecule has 2 N–H and O–H groups in total. The van der Waals surface area contributed by atoms with E-state index in [4.69, 9.17) is 17.2 Å². The lowest BCUT2D eigenvalue weighted by molar-refractivity contribution is -0.933. The van der Waals surface area contributed by atoms with E-state index in [1.165, 1.54) is 15.2 Å². The van der Waals surface area contributed by atoms with Crippen molar-refractivity contribution < 1.29 is 4.90 Å². The molecule has 4 rings (SSSR count). The maximum absolute atomic E-state index is 5.47. The van der Waals surface area contributed by atoms with Crippen molar-refractivity contribution in [3.63, 3.8) is 0 Å². The molecule has 2 aromatic carbocycles. The van der Waals surface area contributed by atoms with Gasteiger partial charge in [0.25, 0.3) is 0 Å². The minimum absolute atomic E-state index is 0.260. The van der Waals surface area contributed by atoms with E-state index in [-0.39, 0.29) is 6.04 Å². The van der Waals surface area contributed by atoms with Gasteiger partial charge in [-0.2, -0.15) is 4.98 Å². The van der Waals surface area contributed by atoms with Gasteiger partial charge in [-0.15, -0.1) is 11.3 Å². The number of hydrogen-bond acceptors (Lipinski definition) is 4. The zero-order valence-corrected chi connectivity index (χ0v) is 17.2. The van der Waals surface area contributed by atoms with E-state index in [0.717, 1.165) is 21.9 Å². The number of nitrogens with zero attached hydrogens (tertiary/aromatic N) is 3. The van der Waals surface area contributed by atoms with Crippen molar-refractivity contribution in [3.8, 4) is 11.4 Å². The summed E-state index contributed by atoms with van der Waals surface area (Å²) in [6, 6.07) is 16.8. The molecule has 0 aliphatic heterocycles. The molecule has 0 aliphatic carbocycles. The van der Waals surface area contributed by atoms with Gasteiger partial charge in [-0.3, -0.25) is 5.10 Å². The number of benzene rings is 2. The van der Waals surface area contributed by atoms with Crippen LogP contribution in [0.4, 0.5) is 0 Å². The Kier molecular flexibility index (Phi) is 4.90. The normalized spacial score (nSPS) is 13.7. The molecule has 0 fully saturated rings. The number of aromatic nitrogens is 4. The number of aryl methyl sites for hydroxylation is 1. The lowest BCUT2D eigenvalue weighted by atomic mass is 10.1. The van der Waals surface area contributed by atoms with Gasteiger partial charge in [-0.1, -0.05) is 42.0 Å². The Labute approximate surface area is 167 Å². The van der Waals surface area contributed by atoms with Crippen LogP contribution in [0.5, 0.6) is 0 Å². The van der Waals surface area contributed by atoms with E-state index in [1.807, 2.05) is 10.7 Å². The fourth-order valence-electron chi connectivity index (χ4n) is 2.98. The highest BCUT2D eigenvalue weighted by Gasteiger charge is 2.20. The van der Waals surface area contributed by atoms with Gasteiger partial charge in [-0.05, 0) is 38.2 Å². The largest absolute Gasteiger partial charge is 0.311 e. The van der Waals surface area contributed by atoms with Crippen molar-refractivity contribution >= 4 is 33.8 Å². The van der Waals surface area contributed by atoms with Crippen LogP contribution in [0.1, 0.15) is 23.5 Å². The highest BCUT2D eigenvalue weighted by molar-refractivity contribution is 7.71. The van der Waals surface area contributed by atoms with Crippen LogP contribution in [0, 0.1) is 11.7 Å². The number of H-pyrrole nitrogens is 1. The lowest BCUT2D eigenvalue weighted by Crippen LogP contribution is -3.08. The SMILES string of the molecule is Cc1ccc(-c2nc(=S)n(C[NH+](C)[C@@H](C)c3nc4ccccc4s3)[nH]2)cc1. The number of rotatable bonds is 5. The first-order chi connectivity index (χ1) is 13.0. The molecular formula is C20H22N5S2+. The fraction of sp³-hybridized carbons (Fsp3) is 0.250. The molecule has 0 saturated heterocycles. The minimum atomic E-state index is 0.260. The molecule has 0 amide bonds. The summed E-state index contributed by atoms with van der Waals surface area (Å²) >= 11 is 7.23. The summed E-state index contributed by atoms with van der Waals surface area (Å²) < 4.78 is 3.73. The highest BCUT2D eigenvalue weighted by Crippen LogP contribution is 2.24. The van der Waals surface area contributed by atoms with Gasteiger partial charge in [0.2, 0.25) is 4.77 Å². The molecule has 2 aromatic heterocycles. The third kappa shape index (κ3) is 3.71. The van der Waals surface area contributed by atoms with Crippen LogP contribution in [0.3, 0.4) is 0 Å². The summed E-state index contributed by atoms with van der Waals surface area (Å²) in [5, 5.41) is 4.48. The fourth-order valence-corrected chi connectivity index (χ4v) is 4.29. The number of thiazole rings is 1. The van der Waals surface area contributed by atoms with Crippen molar-refractivity contribution in [3.05, 3.63) is 63.9 Å². The number of fused-ring (bicyclic) bond motifs is 1. The maximum atomic E-state index is 5.47. The quantitative estimate of drug-likeness (QED) is 0.505. The van der Waals surface area contributed by atoms with Crippen molar-refractivity contribution in [2.24, 2.45) is 0 Å². The zero-order chi connectivity index (χ0) is 19.0. The predicted octanol–water partition coefficient (Wildman–Crippen LogP) is 3.76. The Morgan fingerprint density at radius 1 is 1.15 bits per heavy atom. The van der Waals surface area contributed by atoms with E-state index in [0.29, 0.717) is 11.4 Å². The Morgan fingerprint density at radius 2 is 1.89 bits per heavy atom. The van der Waals surface area contributed by atoms with Gasteiger partial charge < -0.3 is 4.90 Å². The van der Waals surface area contributed by atoms with Crippen LogP contribution in [0.2, 0.25) is 0 Å². The molecule has 0 spiro atoms. The van der Waals surface area contributed by atoms with Crippen molar-refractivity contribution in [2.75, 3.05) is 7.05 Å². The van der Waals surface area contributed by atoms with E-state index >= 15 is 0 Å². The van der Waals surface area contributed by atoms with Crippen LogP contribution >= 0.6 is 23.6 Å². The van der Waals surface area contributed by atoms with Gasteiger partial charge in [0.1, 0.15) is 6.04 Å². The number of quaternary nitrogens is 1. The van der Waals surface area contributed by atoms with Gasteiger partial charge in [0.15, 0.2) is 17.5 Å². The van der Waals surface area contributed by atoms with Crippen LogP contribution in [-0.2, 0) is 6.67 Å². The third-order valence-electron chi connectivity index (χ3n) is 4.83. The van der Waals surface area contributed by atoms with Crippen LogP contribution in [-0.4, -0.2) is 26.8 Å². The Balaban J connectivity index is 1.54. The van der Waals surface area contributed by atoms with Crippen LogP contribution in [0.25, 0.3) is 21.6 Å². The van der Waals surface area contributed by atoms with Crippen LogP contribution < -0.4 is 4.90 Å². The molecular weight excluding hydrogens is 374 g/mol. The Morgan fingerprint density at radius 3 is 2.63 bits per heavy atom. The first-order valence-corrected chi connectivity index (χ1v) is 10.2. The summed E-state index contributed by atoms with van der Waals surface area (Å²) in [5.41, 5.74) is 3.34. The summed E-state index contributed by atoms with van der Waals surface area (Å²) in [7, 11) is 2.16. The molecule has 138 valence electrons. The van der Waals surface area contributed by atoms with Gasteiger partial charge in [0, 0.05) is 5.56 Å². The molecule has 0 bridgehead atoms. The monoisotopic (exact) mass is 396 g/mol. The average molecular weight is 397 g/mol. The van der Waals surface area contributed by atoms with E-state index < -0.39 is 0 Å². The van der Waals surface area contributed by atoms with Crippen molar-refractivity contribution in [1.82, 2.24) is 19.7 Å². The number of aromatic amines is 1. The lowest BCUT2D eigenvalue weighted by Gasteiger charge is -2.19. The molecule has 7 heteroatoms. The topological polar surface area (TPSA) is 50.9 Å².